The van der Waals surface area contributed by atoms with Crippen LogP contribution in [-0.4, -0.2) is 34.4 Å². The molecule has 0 bridgehead atoms. The first-order valence-corrected chi connectivity index (χ1v) is 6.06. The van der Waals surface area contributed by atoms with Gasteiger partial charge in [0.1, 0.15) is 5.69 Å². The van der Waals surface area contributed by atoms with Gasteiger partial charge in [-0.05, 0) is 25.1 Å². The third kappa shape index (κ3) is 3.04. The summed E-state index contributed by atoms with van der Waals surface area (Å²) in [4.78, 5) is 7.89. The molecule has 10 heteroatoms. The zero-order valence-electron chi connectivity index (χ0n) is 11.1. The molecule has 1 aliphatic heterocycles. The molecule has 0 aliphatic carbocycles. The van der Waals surface area contributed by atoms with Crippen LogP contribution in [0.25, 0.3) is 11.5 Å². The van der Waals surface area contributed by atoms with E-state index in [-0.39, 0.29) is 50.1 Å². The van der Waals surface area contributed by atoms with Gasteiger partial charge >= 0.3 is 6.18 Å². The molecule has 1 unspecified atom stereocenters. The first-order valence-electron chi connectivity index (χ1n) is 6.06. The maximum Gasteiger partial charge on any atom is 0.404 e. The Kier molecular flexibility index (Phi) is 5.77. The van der Waals surface area contributed by atoms with E-state index in [0.717, 1.165) is 0 Å². The van der Waals surface area contributed by atoms with Crippen molar-refractivity contribution in [2.75, 3.05) is 13.1 Å². The van der Waals surface area contributed by atoms with E-state index in [4.69, 9.17) is 4.52 Å². The Morgan fingerprint density at radius 3 is 2.55 bits per heavy atom. The molecule has 0 radical (unpaired) electrons. The van der Waals surface area contributed by atoms with E-state index in [1.165, 1.54) is 6.20 Å². The van der Waals surface area contributed by atoms with Crippen LogP contribution in [-0.2, 0) is 5.41 Å². The summed E-state index contributed by atoms with van der Waals surface area (Å²) in [5.74, 6) is -0.341. The third-order valence-corrected chi connectivity index (χ3v) is 3.43. The van der Waals surface area contributed by atoms with Gasteiger partial charge in [0.25, 0.3) is 0 Å². The average molecular weight is 357 g/mol. The highest BCUT2D eigenvalue weighted by molar-refractivity contribution is 5.85. The minimum Gasteiger partial charge on any atom is -0.338 e. The van der Waals surface area contributed by atoms with Crippen LogP contribution in [0.1, 0.15) is 12.3 Å². The maximum absolute atomic E-state index is 13.3. The van der Waals surface area contributed by atoms with Gasteiger partial charge in [0.2, 0.25) is 11.7 Å². The van der Waals surface area contributed by atoms with E-state index in [1.54, 1.807) is 18.2 Å². The van der Waals surface area contributed by atoms with Crippen LogP contribution in [0.15, 0.2) is 28.9 Å². The van der Waals surface area contributed by atoms with Gasteiger partial charge in [-0.1, -0.05) is 11.2 Å². The van der Waals surface area contributed by atoms with Crippen molar-refractivity contribution < 1.29 is 17.7 Å². The van der Waals surface area contributed by atoms with Crippen molar-refractivity contribution in [2.45, 2.75) is 18.0 Å². The normalized spacial score (nSPS) is 21.0. The van der Waals surface area contributed by atoms with Gasteiger partial charge < -0.3 is 9.84 Å². The molecule has 3 rings (SSSR count). The zero-order valence-corrected chi connectivity index (χ0v) is 12.8. The first kappa shape index (κ1) is 18.7. The highest BCUT2D eigenvalue weighted by Gasteiger charge is 2.61. The largest absolute Gasteiger partial charge is 0.404 e. The molecule has 0 amide bonds. The Balaban J connectivity index is 0.00000121. The minimum atomic E-state index is -4.44. The minimum absolute atomic E-state index is 0. The molecule has 1 fully saturated rings. The zero-order chi connectivity index (χ0) is 14.2. The lowest BCUT2D eigenvalue weighted by Gasteiger charge is -2.26. The molecule has 5 nitrogen and oxygen atoms in total. The summed E-state index contributed by atoms with van der Waals surface area (Å²) in [7, 11) is 0. The number of hydrogen-bond donors (Lipinski definition) is 1. The molecule has 1 N–H and O–H groups in total. The van der Waals surface area contributed by atoms with Crippen LogP contribution in [0.2, 0.25) is 0 Å². The van der Waals surface area contributed by atoms with Crippen molar-refractivity contribution in [2.24, 2.45) is 0 Å². The van der Waals surface area contributed by atoms with E-state index < -0.39 is 17.5 Å². The van der Waals surface area contributed by atoms with Crippen molar-refractivity contribution in [3.8, 4) is 11.5 Å². The number of nitrogens with zero attached hydrogens (tertiary/aromatic N) is 3. The van der Waals surface area contributed by atoms with Crippen molar-refractivity contribution in [1.82, 2.24) is 20.4 Å². The second-order valence-electron chi connectivity index (χ2n) is 4.64. The van der Waals surface area contributed by atoms with Gasteiger partial charge in [-0.3, -0.25) is 4.98 Å². The van der Waals surface area contributed by atoms with E-state index >= 15 is 0 Å². The number of alkyl halides is 3. The van der Waals surface area contributed by atoms with E-state index in [0.29, 0.717) is 5.69 Å². The van der Waals surface area contributed by atoms with Crippen LogP contribution in [0.3, 0.4) is 0 Å². The molecule has 122 valence electrons. The summed E-state index contributed by atoms with van der Waals surface area (Å²) in [6.45, 7) is 0.0150. The number of pyridine rings is 1. The standard InChI is InChI=1S/C12H11F3N4O.2ClH/c13-12(14,15)11(4-6-16-7-11)10-18-9(19-20-10)8-3-1-2-5-17-8;;/h1-3,5,16H,4,6-7H2;2*1H. The summed E-state index contributed by atoms with van der Waals surface area (Å²) >= 11 is 0. The number of hydrogen-bond acceptors (Lipinski definition) is 5. The van der Waals surface area contributed by atoms with E-state index in [2.05, 4.69) is 20.4 Å². The molecule has 0 aromatic carbocycles. The molecule has 2 aromatic rings. The van der Waals surface area contributed by atoms with Gasteiger partial charge in [0.05, 0.1) is 0 Å². The summed E-state index contributed by atoms with van der Waals surface area (Å²) in [5.41, 5.74) is -1.72. The van der Waals surface area contributed by atoms with Gasteiger partial charge in [0, 0.05) is 12.7 Å². The monoisotopic (exact) mass is 356 g/mol. The Morgan fingerprint density at radius 1 is 1.23 bits per heavy atom. The topological polar surface area (TPSA) is 63.8 Å². The second-order valence-corrected chi connectivity index (χ2v) is 4.64. The Hall–Kier alpha value is -1.38. The molecule has 1 atom stereocenters. The maximum atomic E-state index is 13.3. The van der Waals surface area contributed by atoms with Crippen LogP contribution in [0.5, 0.6) is 0 Å². The van der Waals surface area contributed by atoms with Crippen LogP contribution < -0.4 is 5.32 Å². The number of aromatic nitrogens is 3. The average Bonchev–Trinajstić information content (AvgIpc) is 3.09. The fourth-order valence-electron chi connectivity index (χ4n) is 2.25. The molecular weight excluding hydrogens is 344 g/mol. The Bertz CT molecular complexity index is 600. The molecule has 3 heterocycles. The van der Waals surface area contributed by atoms with Crippen molar-refractivity contribution in [3.63, 3.8) is 0 Å². The van der Waals surface area contributed by atoms with Crippen molar-refractivity contribution in [3.05, 3.63) is 30.3 Å². The van der Waals surface area contributed by atoms with Crippen LogP contribution >= 0.6 is 24.8 Å². The van der Waals surface area contributed by atoms with Gasteiger partial charge in [0.15, 0.2) is 5.41 Å². The molecule has 0 spiro atoms. The second kappa shape index (κ2) is 6.80. The Morgan fingerprint density at radius 2 is 2.00 bits per heavy atom. The van der Waals surface area contributed by atoms with Crippen molar-refractivity contribution >= 4 is 24.8 Å². The summed E-state index contributed by atoms with van der Waals surface area (Å²) in [6.07, 6.45) is -3.03. The summed E-state index contributed by atoms with van der Waals surface area (Å²) in [6, 6.07) is 5.01. The SMILES string of the molecule is Cl.Cl.FC(F)(F)C1(c2nc(-c3ccccn3)no2)CCNC1. The van der Waals surface area contributed by atoms with Crippen LogP contribution in [0.4, 0.5) is 13.2 Å². The third-order valence-electron chi connectivity index (χ3n) is 3.43. The molecule has 22 heavy (non-hydrogen) atoms. The predicted octanol–water partition coefficient (Wildman–Crippen LogP) is 2.77. The lowest BCUT2D eigenvalue weighted by molar-refractivity contribution is -0.191. The highest BCUT2D eigenvalue weighted by Crippen LogP contribution is 2.44. The lowest BCUT2D eigenvalue weighted by Crippen LogP contribution is -2.44. The number of halogens is 5. The summed E-state index contributed by atoms with van der Waals surface area (Å²) < 4.78 is 44.9. The lowest BCUT2D eigenvalue weighted by atomic mass is 9.86. The summed E-state index contributed by atoms with van der Waals surface area (Å²) in [5, 5.41) is 6.32. The molecular formula is C12H13Cl2F3N4O. The van der Waals surface area contributed by atoms with Gasteiger partial charge in [-0.25, -0.2) is 0 Å². The molecule has 0 saturated carbocycles. The molecule has 2 aromatic heterocycles. The van der Waals surface area contributed by atoms with Crippen LogP contribution in [0, 0.1) is 0 Å². The predicted molar refractivity (Wildman–Crippen MR) is 77.2 cm³/mol. The quantitative estimate of drug-likeness (QED) is 0.896. The van der Waals surface area contributed by atoms with Gasteiger partial charge in [-0.2, -0.15) is 18.2 Å². The molecule has 1 aliphatic rings. The van der Waals surface area contributed by atoms with Crippen molar-refractivity contribution in [1.29, 1.82) is 0 Å². The van der Waals surface area contributed by atoms with E-state index in [1.807, 2.05) is 0 Å². The first-order chi connectivity index (χ1) is 9.53. The fraction of sp³-hybridized carbons (Fsp3) is 0.417. The fourth-order valence-corrected chi connectivity index (χ4v) is 2.25. The number of rotatable bonds is 2. The number of nitrogens with one attached hydrogen (secondary N) is 1. The van der Waals surface area contributed by atoms with E-state index in [9.17, 15) is 13.2 Å². The molecule has 1 saturated heterocycles. The Labute approximate surface area is 136 Å². The smallest absolute Gasteiger partial charge is 0.338 e. The highest BCUT2D eigenvalue weighted by atomic mass is 35.5. The van der Waals surface area contributed by atoms with Gasteiger partial charge in [-0.15, -0.1) is 24.8 Å².